The zero-order valence-electron chi connectivity index (χ0n) is 16.3. The molecule has 3 rings (SSSR count). The molecule has 0 aliphatic heterocycles. The lowest BCUT2D eigenvalue weighted by Gasteiger charge is -2.10. The highest BCUT2D eigenvalue weighted by Gasteiger charge is 2.13. The van der Waals surface area contributed by atoms with Crippen LogP contribution in [0.1, 0.15) is 21.5 Å². The number of aromatic nitrogens is 1. The van der Waals surface area contributed by atoms with Crippen LogP contribution in [0.25, 0.3) is 0 Å². The summed E-state index contributed by atoms with van der Waals surface area (Å²) in [4.78, 5) is 27.8. The SMILES string of the molecule is O=C(CNc1ccc(F)c(C(=O)NCc2ccccc2)c1)NN=Cc1ccncc1F. The second kappa shape index (κ2) is 10.6. The Morgan fingerprint density at radius 1 is 1.03 bits per heavy atom. The molecule has 2 amide bonds. The van der Waals surface area contributed by atoms with E-state index in [4.69, 9.17) is 0 Å². The molecule has 0 spiro atoms. The topological polar surface area (TPSA) is 95.5 Å². The van der Waals surface area contributed by atoms with E-state index in [9.17, 15) is 18.4 Å². The van der Waals surface area contributed by atoms with E-state index in [1.54, 1.807) is 0 Å². The van der Waals surface area contributed by atoms with Gasteiger partial charge in [0.15, 0.2) is 0 Å². The fourth-order valence-corrected chi connectivity index (χ4v) is 2.57. The number of hydrogen-bond acceptors (Lipinski definition) is 5. The first kappa shape index (κ1) is 21.6. The lowest BCUT2D eigenvalue weighted by atomic mass is 10.1. The van der Waals surface area contributed by atoms with Crippen molar-refractivity contribution in [2.45, 2.75) is 6.54 Å². The number of nitrogens with zero attached hydrogens (tertiary/aromatic N) is 2. The summed E-state index contributed by atoms with van der Waals surface area (Å²) >= 11 is 0. The second-order valence-corrected chi connectivity index (χ2v) is 6.41. The maximum absolute atomic E-state index is 14.1. The molecule has 0 bridgehead atoms. The van der Waals surface area contributed by atoms with Gasteiger partial charge in [-0.05, 0) is 29.8 Å². The third kappa shape index (κ3) is 6.43. The predicted molar refractivity (Wildman–Crippen MR) is 112 cm³/mol. The van der Waals surface area contributed by atoms with Crippen LogP contribution >= 0.6 is 0 Å². The van der Waals surface area contributed by atoms with Crippen LogP contribution < -0.4 is 16.1 Å². The number of hydrazone groups is 1. The van der Waals surface area contributed by atoms with Gasteiger partial charge in [-0.3, -0.25) is 14.6 Å². The number of anilines is 1. The molecule has 0 aliphatic rings. The van der Waals surface area contributed by atoms with Crippen molar-refractivity contribution in [1.82, 2.24) is 15.7 Å². The van der Waals surface area contributed by atoms with Gasteiger partial charge in [0.1, 0.15) is 11.6 Å². The van der Waals surface area contributed by atoms with E-state index < -0.39 is 23.4 Å². The van der Waals surface area contributed by atoms with Crippen LogP contribution in [0.3, 0.4) is 0 Å². The average molecular weight is 423 g/mol. The first-order valence-corrected chi connectivity index (χ1v) is 9.30. The van der Waals surface area contributed by atoms with Crippen LogP contribution in [0.4, 0.5) is 14.5 Å². The van der Waals surface area contributed by atoms with Crippen LogP contribution in [0.15, 0.2) is 72.1 Å². The number of pyridine rings is 1. The van der Waals surface area contributed by atoms with Gasteiger partial charge in [0.05, 0.1) is 24.5 Å². The van der Waals surface area contributed by atoms with E-state index in [2.05, 4.69) is 26.1 Å². The monoisotopic (exact) mass is 423 g/mol. The maximum Gasteiger partial charge on any atom is 0.259 e. The molecule has 0 radical (unpaired) electrons. The van der Waals surface area contributed by atoms with Crippen LogP contribution in [-0.2, 0) is 11.3 Å². The predicted octanol–water partition coefficient (Wildman–Crippen LogP) is 2.85. The number of halogens is 2. The second-order valence-electron chi connectivity index (χ2n) is 6.41. The van der Waals surface area contributed by atoms with Gasteiger partial charge in [-0.15, -0.1) is 0 Å². The molecule has 0 fully saturated rings. The van der Waals surface area contributed by atoms with E-state index >= 15 is 0 Å². The summed E-state index contributed by atoms with van der Waals surface area (Å²) in [5.41, 5.74) is 3.54. The van der Waals surface area contributed by atoms with Crippen molar-refractivity contribution in [3.63, 3.8) is 0 Å². The van der Waals surface area contributed by atoms with E-state index in [0.29, 0.717) is 5.69 Å². The summed E-state index contributed by atoms with van der Waals surface area (Å²) < 4.78 is 27.5. The molecular weight excluding hydrogens is 404 g/mol. The van der Waals surface area contributed by atoms with Gasteiger partial charge >= 0.3 is 0 Å². The minimum absolute atomic E-state index is 0.146. The maximum atomic E-state index is 14.1. The Hall–Kier alpha value is -4.14. The van der Waals surface area contributed by atoms with Crippen molar-refractivity contribution in [1.29, 1.82) is 0 Å². The number of carbonyl (C=O) groups is 2. The average Bonchev–Trinajstić information content (AvgIpc) is 2.79. The Balaban J connectivity index is 1.53. The molecule has 3 N–H and O–H groups in total. The Morgan fingerprint density at radius 2 is 1.84 bits per heavy atom. The molecule has 0 unspecified atom stereocenters. The third-order valence-electron chi connectivity index (χ3n) is 4.16. The lowest BCUT2D eigenvalue weighted by molar-refractivity contribution is -0.119. The van der Waals surface area contributed by atoms with Crippen molar-refractivity contribution in [2.75, 3.05) is 11.9 Å². The van der Waals surface area contributed by atoms with E-state index in [1.165, 1.54) is 24.4 Å². The number of amides is 2. The normalized spacial score (nSPS) is 10.6. The number of benzene rings is 2. The number of nitrogens with one attached hydrogen (secondary N) is 3. The van der Waals surface area contributed by atoms with Crippen LogP contribution in [0, 0.1) is 11.6 Å². The van der Waals surface area contributed by atoms with Gasteiger partial charge < -0.3 is 10.6 Å². The summed E-state index contributed by atoms with van der Waals surface area (Å²) in [5, 5.41) is 9.11. The van der Waals surface area contributed by atoms with Crippen molar-refractivity contribution in [2.24, 2.45) is 5.10 Å². The Kier molecular flexibility index (Phi) is 7.36. The van der Waals surface area contributed by atoms with Gasteiger partial charge in [-0.1, -0.05) is 30.3 Å². The highest BCUT2D eigenvalue weighted by atomic mass is 19.1. The number of carbonyl (C=O) groups excluding carboxylic acids is 2. The molecule has 0 saturated heterocycles. The highest BCUT2D eigenvalue weighted by Crippen LogP contribution is 2.15. The molecule has 31 heavy (non-hydrogen) atoms. The van der Waals surface area contributed by atoms with Crippen LogP contribution in [-0.4, -0.2) is 29.6 Å². The van der Waals surface area contributed by atoms with E-state index in [-0.39, 0.29) is 24.2 Å². The molecule has 1 aromatic heterocycles. The van der Waals surface area contributed by atoms with Crippen molar-refractivity contribution >= 4 is 23.7 Å². The lowest BCUT2D eigenvalue weighted by Crippen LogP contribution is -2.26. The van der Waals surface area contributed by atoms with Crippen molar-refractivity contribution < 1.29 is 18.4 Å². The summed E-state index contributed by atoms with van der Waals surface area (Å²) in [6, 6.07) is 14.5. The standard InChI is InChI=1S/C22H19F2N5O2/c23-19-7-6-17(10-18(19)22(31)27-11-15-4-2-1-3-5-15)26-14-21(30)29-28-12-16-8-9-25-13-20(16)24/h1-10,12-13,26H,11,14H2,(H,27,31)(H,29,30). The van der Waals surface area contributed by atoms with Crippen molar-refractivity contribution in [3.05, 3.63) is 95.3 Å². The Bertz CT molecular complexity index is 1090. The molecule has 0 saturated carbocycles. The zero-order valence-corrected chi connectivity index (χ0v) is 16.3. The van der Waals surface area contributed by atoms with Gasteiger partial charge in [-0.25, -0.2) is 14.2 Å². The minimum Gasteiger partial charge on any atom is -0.376 e. The molecule has 2 aromatic carbocycles. The van der Waals surface area contributed by atoms with Gasteiger partial charge in [0, 0.05) is 24.0 Å². The van der Waals surface area contributed by atoms with Crippen LogP contribution in [0.5, 0.6) is 0 Å². The Labute approximate surface area is 177 Å². The summed E-state index contributed by atoms with van der Waals surface area (Å²) in [6.07, 6.45) is 3.59. The molecule has 0 atom stereocenters. The molecule has 158 valence electrons. The molecule has 1 heterocycles. The first-order valence-electron chi connectivity index (χ1n) is 9.30. The van der Waals surface area contributed by atoms with Crippen LogP contribution in [0.2, 0.25) is 0 Å². The quantitative estimate of drug-likeness (QED) is 0.384. The van der Waals surface area contributed by atoms with E-state index in [0.717, 1.165) is 24.0 Å². The fourth-order valence-electron chi connectivity index (χ4n) is 2.57. The first-order chi connectivity index (χ1) is 15.0. The molecular formula is C22H19F2N5O2. The molecule has 3 aromatic rings. The minimum atomic E-state index is -0.676. The van der Waals surface area contributed by atoms with Gasteiger partial charge in [0.2, 0.25) is 0 Å². The fraction of sp³-hybridized carbons (Fsp3) is 0.0909. The van der Waals surface area contributed by atoms with Gasteiger partial charge in [0.25, 0.3) is 11.8 Å². The molecule has 0 aliphatic carbocycles. The highest BCUT2D eigenvalue weighted by molar-refractivity contribution is 5.95. The van der Waals surface area contributed by atoms with Gasteiger partial charge in [-0.2, -0.15) is 5.10 Å². The number of rotatable bonds is 8. The van der Waals surface area contributed by atoms with Crippen molar-refractivity contribution in [3.8, 4) is 0 Å². The molecule has 7 nitrogen and oxygen atoms in total. The largest absolute Gasteiger partial charge is 0.376 e. The Morgan fingerprint density at radius 3 is 2.61 bits per heavy atom. The summed E-state index contributed by atoms with van der Waals surface area (Å²) in [5.74, 6) is -2.32. The molecule has 9 heteroatoms. The van der Waals surface area contributed by atoms with E-state index in [1.807, 2.05) is 30.3 Å². The smallest absolute Gasteiger partial charge is 0.259 e. The number of hydrogen-bond donors (Lipinski definition) is 3. The zero-order chi connectivity index (χ0) is 22.1. The summed E-state index contributed by atoms with van der Waals surface area (Å²) in [6.45, 7) is 0.0716. The third-order valence-corrected chi connectivity index (χ3v) is 4.16. The summed E-state index contributed by atoms with van der Waals surface area (Å²) in [7, 11) is 0.